The lowest BCUT2D eigenvalue weighted by atomic mass is 9.82. The van der Waals surface area contributed by atoms with E-state index in [9.17, 15) is 23.4 Å². The molecule has 0 amide bonds. The molecule has 1 heterocycles. The van der Waals surface area contributed by atoms with Gasteiger partial charge in [0.25, 0.3) is 0 Å². The highest BCUT2D eigenvalue weighted by Crippen LogP contribution is 2.40. The number of aryl methyl sites for hydroxylation is 1. The number of benzene rings is 2. The number of fused-ring (bicyclic) bond motifs is 1. The first kappa shape index (κ1) is 27.1. The summed E-state index contributed by atoms with van der Waals surface area (Å²) in [6.07, 6.45) is 5.86. The lowest BCUT2D eigenvalue weighted by molar-refractivity contribution is 0.282. The zero-order valence-corrected chi connectivity index (χ0v) is 22.2. The average molecular weight is 526 g/mol. The van der Waals surface area contributed by atoms with E-state index in [0.29, 0.717) is 41.7 Å². The number of hydrogen-bond donors (Lipinski definition) is 3. The van der Waals surface area contributed by atoms with Crippen molar-refractivity contribution < 1.29 is 23.0 Å². The SMILES string of the molecule is CC(C)CC(c1cccc(-c2c(CO)cccc2S(N)(=O)=O)c1)c1c(O)c2c(oc1=O)CCCCCC2. The minimum absolute atomic E-state index is 0.0187. The zero-order valence-electron chi connectivity index (χ0n) is 21.4. The monoisotopic (exact) mass is 525 g/mol. The molecule has 0 bridgehead atoms. The van der Waals surface area contributed by atoms with E-state index < -0.39 is 21.6 Å². The maximum atomic E-state index is 13.3. The molecule has 1 atom stereocenters. The third-order valence-electron chi connectivity index (χ3n) is 7.12. The van der Waals surface area contributed by atoms with Gasteiger partial charge >= 0.3 is 5.63 Å². The molecule has 2 aromatic carbocycles. The molecule has 1 aliphatic carbocycles. The third kappa shape index (κ3) is 5.81. The smallest absolute Gasteiger partial charge is 0.343 e. The number of primary sulfonamides is 1. The van der Waals surface area contributed by atoms with Gasteiger partial charge in [0.2, 0.25) is 10.0 Å². The third-order valence-corrected chi connectivity index (χ3v) is 8.07. The first-order chi connectivity index (χ1) is 17.6. The summed E-state index contributed by atoms with van der Waals surface area (Å²) in [6.45, 7) is 3.72. The first-order valence-corrected chi connectivity index (χ1v) is 14.4. The zero-order chi connectivity index (χ0) is 26.7. The van der Waals surface area contributed by atoms with Gasteiger partial charge in [0.15, 0.2) is 0 Å². The van der Waals surface area contributed by atoms with Crippen molar-refractivity contribution in [2.24, 2.45) is 11.1 Å². The van der Waals surface area contributed by atoms with Crippen LogP contribution in [-0.4, -0.2) is 18.6 Å². The maximum Gasteiger partial charge on any atom is 0.343 e. The van der Waals surface area contributed by atoms with Crippen LogP contribution in [0.5, 0.6) is 5.75 Å². The van der Waals surface area contributed by atoms with Crippen molar-refractivity contribution in [3.8, 4) is 16.9 Å². The van der Waals surface area contributed by atoms with Crippen LogP contribution in [0.15, 0.2) is 56.6 Å². The van der Waals surface area contributed by atoms with Crippen LogP contribution in [0, 0.1) is 5.92 Å². The van der Waals surface area contributed by atoms with Crippen LogP contribution >= 0.6 is 0 Å². The van der Waals surface area contributed by atoms with Crippen molar-refractivity contribution in [1.82, 2.24) is 0 Å². The Morgan fingerprint density at radius 1 is 1.03 bits per heavy atom. The highest BCUT2D eigenvalue weighted by molar-refractivity contribution is 7.89. The minimum Gasteiger partial charge on any atom is -0.507 e. The van der Waals surface area contributed by atoms with Gasteiger partial charge in [0, 0.05) is 23.5 Å². The van der Waals surface area contributed by atoms with Gasteiger partial charge < -0.3 is 14.6 Å². The summed E-state index contributed by atoms with van der Waals surface area (Å²) in [7, 11) is -4.06. The molecule has 1 unspecified atom stereocenters. The van der Waals surface area contributed by atoms with Gasteiger partial charge in [-0.05, 0) is 54.4 Å². The molecule has 37 heavy (non-hydrogen) atoms. The fraction of sp³-hybridized carbons (Fsp3) is 0.414. The molecule has 0 fully saturated rings. The van der Waals surface area contributed by atoms with Crippen LogP contribution in [-0.2, 0) is 29.5 Å². The van der Waals surface area contributed by atoms with Gasteiger partial charge in [-0.1, -0.05) is 63.1 Å². The van der Waals surface area contributed by atoms with Crippen molar-refractivity contribution in [1.29, 1.82) is 0 Å². The van der Waals surface area contributed by atoms with Gasteiger partial charge in [-0.2, -0.15) is 0 Å². The molecule has 1 aliphatic rings. The fourth-order valence-corrected chi connectivity index (χ4v) is 6.21. The van der Waals surface area contributed by atoms with Crippen molar-refractivity contribution in [3.05, 3.63) is 80.9 Å². The van der Waals surface area contributed by atoms with Crippen LogP contribution in [0.4, 0.5) is 0 Å². The van der Waals surface area contributed by atoms with Gasteiger partial charge in [0.1, 0.15) is 11.5 Å². The number of rotatable bonds is 7. The number of aliphatic hydroxyl groups is 1. The lowest BCUT2D eigenvalue weighted by Crippen LogP contribution is -2.19. The largest absolute Gasteiger partial charge is 0.507 e. The maximum absolute atomic E-state index is 13.3. The Balaban J connectivity index is 1.91. The van der Waals surface area contributed by atoms with Crippen molar-refractivity contribution >= 4 is 10.0 Å². The number of hydrogen-bond acceptors (Lipinski definition) is 6. The Morgan fingerprint density at radius 3 is 2.41 bits per heavy atom. The van der Waals surface area contributed by atoms with E-state index in [1.807, 2.05) is 26.0 Å². The van der Waals surface area contributed by atoms with Crippen LogP contribution in [0.3, 0.4) is 0 Å². The number of sulfonamides is 1. The molecular weight excluding hydrogens is 490 g/mol. The second-order valence-corrected chi connectivity index (χ2v) is 11.8. The molecular formula is C29H35NO6S. The second-order valence-electron chi connectivity index (χ2n) is 10.3. The summed E-state index contributed by atoms with van der Waals surface area (Å²) < 4.78 is 30.5. The van der Waals surface area contributed by atoms with Crippen molar-refractivity contribution in [2.45, 2.75) is 76.2 Å². The molecule has 0 aliphatic heterocycles. The Bertz CT molecular complexity index is 1440. The lowest BCUT2D eigenvalue weighted by Gasteiger charge is -2.23. The van der Waals surface area contributed by atoms with Crippen molar-refractivity contribution in [3.63, 3.8) is 0 Å². The Kier molecular flexibility index (Phi) is 8.21. The highest BCUT2D eigenvalue weighted by Gasteiger charge is 2.29. The van der Waals surface area contributed by atoms with E-state index in [4.69, 9.17) is 9.56 Å². The predicted octanol–water partition coefficient (Wildman–Crippen LogP) is 4.99. The van der Waals surface area contributed by atoms with Gasteiger partial charge in [0.05, 0.1) is 17.1 Å². The van der Waals surface area contributed by atoms with Crippen LogP contribution in [0.25, 0.3) is 11.1 Å². The minimum atomic E-state index is -4.06. The van der Waals surface area contributed by atoms with Gasteiger partial charge in [-0.25, -0.2) is 18.4 Å². The molecule has 1 aromatic heterocycles. The molecule has 198 valence electrons. The molecule has 4 N–H and O–H groups in total. The van der Waals surface area contributed by atoms with E-state index in [-0.39, 0.29) is 28.7 Å². The number of nitrogens with two attached hydrogens (primary N) is 1. The highest BCUT2D eigenvalue weighted by atomic mass is 32.2. The Morgan fingerprint density at radius 2 is 1.73 bits per heavy atom. The molecule has 0 saturated carbocycles. The van der Waals surface area contributed by atoms with Gasteiger partial charge in [-0.3, -0.25) is 0 Å². The topological polar surface area (TPSA) is 131 Å². The van der Waals surface area contributed by atoms with E-state index in [1.54, 1.807) is 24.3 Å². The quantitative estimate of drug-likeness (QED) is 0.398. The van der Waals surface area contributed by atoms with E-state index >= 15 is 0 Å². The predicted molar refractivity (Wildman–Crippen MR) is 143 cm³/mol. The van der Waals surface area contributed by atoms with Crippen molar-refractivity contribution in [2.75, 3.05) is 0 Å². The molecule has 7 nitrogen and oxygen atoms in total. The molecule has 0 spiro atoms. The molecule has 8 heteroatoms. The summed E-state index contributed by atoms with van der Waals surface area (Å²) >= 11 is 0. The van der Waals surface area contributed by atoms with E-state index in [2.05, 4.69) is 0 Å². The molecule has 3 aromatic rings. The molecule has 0 saturated heterocycles. The summed E-state index contributed by atoms with van der Waals surface area (Å²) in [5.74, 6) is 0.327. The van der Waals surface area contributed by atoms with E-state index in [1.165, 1.54) is 6.07 Å². The molecule has 0 radical (unpaired) electrons. The molecule has 4 rings (SSSR count). The standard InChI is InChI=1S/C29H35NO6S/c1-18(2)15-23(27-28(32)22-12-5-3-4-6-13-24(22)36-29(27)33)19-9-7-10-20(16-19)26-21(17-31)11-8-14-25(26)37(30,34)35/h7-11,14,16,18,23,31-32H,3-6,12-13,15,17H2,1-2H3,(H2,30,34,35). The van der Waals surface area contributed by atoms with Gasteiger partial charge in [-0.15, -0.1) is 0 Å². The summed E-state index contributed by atoms with van der Waals surface area (Å²) in [4.78, 5) is 13.2. The summed E-state index contributed by atoms with van der Waals surface area (Å²) in [5, 5.41) is 26.9. The normalized spacial score (nSPS) is 15.2. The summed E-state index contributed by atoms with van der Waals surface area (Å²) in [6, 6.07) is 11.8. The average Bonchev–Trinajstić information content (AvgIpc) is 2.83. The summed E-state index contributed by atoms with van der Waals surface area (Å²) in [5.41, 5.74) is 2.48. The number of aliphatic hydroxyl groups excluding tert-OH is 1. The van der Waals surface area contributed by atoms with Crippen LogP contribution in [0.1, 0.15) is 79.9 Å². The first-order valence-electron chi connectivity index (χ1n) is 12.8. The second kappa shape index (κ2) is 11.2. The Hall–Kier alpha value is -2.94. The number of aromatic hydroxyl groups is 1. The van der Waals surface area contributed by atoms with Crippen LogP contribution < -0.4 is 10.8 Å². The van der Waals surface area contributed by atoms with Crippen LogP contribution in [0.2, 0.25) is 0 Å². The van der Waals surface area contributed by atoms with E-state index in [0.717, 1.165) is 36.8 Å². The Labute approximate surface area is 218 Å². The fourth-order valence-electron chi connectivity index (χ4n) is 5.40.